The molecule has 0 spiro atoms. The Morgan fingerprint density at radius 3 is 2.21 bits per heavy atom. The molecule has 1 rings (SSSR count). The van der Waals surface area contributed by atoms with Crippen molar-refractivity contribution in [1.29, 1.82) is 0 Å². The Morgan fingerprint density at radius 2 is 1.74 bits per heavy atom. The summed E-state index contributed by atoms with van der Waals surface area (Å²) < 4.78 is 0. The minimum atomic E-state index is -0.0371. The first kappa shape index (κ1) is 15.7. The van der Waals surface area contributed by atoms with Crippen molar-refractivity contribution in [2.24, 2.45) is 5.92 Å². The molecule has 0 aromatic heterocycles. The summed E-state index contributed by atoms with van der Waals surface area (Å²) in [5, 5.41) is 6.19. The molecule has 19 heavy (non-hydrogen) atoms. The molecular weight excluding hydrogens is 236 g/mol. The molecule has 0 fully saturated rings. The van der Waals surface area contributed by atoms with Crippen LogP contribution in [0, 0.1) is 5.92 Å². The van der Waals surface area contributed by atoms with Gasteiger partial charge in [-0.1, -0.05) is 38.8 Å². The molecule has 1 unspecified atom stereocenters. The smallest absolute Gasteiger partial charge is 0.251 e. The van der Waals surface area contributed by atoms with Crippen molar-refractivity contribution in [3.63, 3.8) is 0 Å². The molecule has 1 atom stereocenters. The molecule has 0 saturated heterocycles. The van der Waals surface area contributed by atoms with Gasteiger partial charge >= 0.3 is 0 Å². The van der Waals surface area contributed by atoms with Crippen molar-refractivity contribution in [3.05, 3.63) is 35.4 Å². The lowest BCUT2D eigenvalue weighted by Gasteiger charge is -2.22. The van der Waals surface area contributed by atoms with Gasteiger partial charge in [-0.3, -0.25) is 4.79 Å². The van der Waals surface area contributed by atoms with Gasteiger partial charge in [-0.15, -0.1) is 0 Å². The lowest BCUT2D eigenvalue weighted by Crippen LogP contribution is -2.32. The van der Waals surface area contributed by atoms with Gasteiger partial charge < -0.3 is 10.6 Å². The fourth-order valence-corrected chi connectivity index (χ4v) is 2.36. The number of benzene rings is 1. The van der Waals surface area contributed by atoms with Gasteiger partial charge in [0.25, 0.3) is 5.91 Å². The molecule has 1 aromatic rings. The second kappa shape index (κ2) is 7.95. The maximum absolute atomic E-state index is 11.4. The molecule has 3 heteroatoms. The number of carbonyl (C=O) groups excluding carboxylic acids is 1. The van der Waals surface area contributed by atoms with Gasteiger partial charge in [-0.2, -0.15) is 0 Å². The topological polar surface area (TPSA) is 41.1 Å². The molecule has 1 amide bonds. The SMILES string of the molecule is CCC(CC)C(C)NCc1ccc(C(=O)NC)cc1. The van der Waals surface area contributed by atoms with E-state index in [9.17, 15) is 4.79 Å². The van der Waals surface area contributed by atoms with Crippen LogP contribution >= 0.6 is 0 Å². The van der Waals surface area contributed by atoms with Crippen LogP contribution in [0.1, 0.15) is 49.5 Å². The molecule has 1 aromatic carbocycles. The Balaban J connectivity index is 2.52. The minimum absolute atomic E-state index is 0.0371. The summed E-state index contributed by atoms with van der Waals surface area (Å²) >= 11 is 0. The van der Waals surface area contributed by atoms with Crippen LogP contribution in [0.15, 0.2) is 24.3 Å². The molecule has 3 nitrogen and oxygen atoms in total. The van der Waals surface area contributed by atoms with E-state index in [0.29, 0.717) is 11.6 Å². The van der Waals surface area contributed by atoms with Crippen molar-refractivity contribution in [1.82, 2.24) is 10.6 Å². The summed E-state index contributed by atoms with van der Waals surface area (Å²) in [5.41, 5.74) is 1.92. The van der Waals surface area contributed by atoms with E-state index in [-0.39, 0.29) is 5.91 Å². The summed E-state index contributed by atoms with van der Waals surface area (Å²) in [7, 11) is 1.65. The quantitative estimate of drug-likeness (QED) is 0.793. The number of nitrogens with one attached hydrogen (secondary N) is 2. The second-order valence-electron chi connectivity index (χ2n) is 5.02. The molecule has 0 aliphatic carbocycles. The summed E-state index contributed by atoms with van der Waals surface area (Å²) in [6, 6.07) is 8.29. The van der Waals surface area contributed by atoms with E-state index in [1.54, 1.807) is 7.05 Å². The van der Waals surface area contributed by atoms with Crippen LogP contribution in [0.2, 0.25) is 0 Å². The highest BCUT2D eigenvalue weighted by molar-refractivity contribution is 5.93. The molecule has 0 saturated carbocycles. The molecule has 106 valence electrons. The summed E-state index contributed by atoms with van der Waals surface area (Å²) in [5.74, 6) is 0.690. The zero-order chi connectivity index (χ0) is 14.3. The van der Waals surface area contributed by atoms with Crippen molar-refractivity contribution in [2.75, 3.05) is 7.05 Å². The molecule has 0 radical (unpaired) electrons. The van der Waals surface area contributed by atoms with Crippen LogP contribution in [0.4, 0.5) is 0 Å². The number of carbonyl (C=O) groups is 1. The number of hydrogen-bond acceptors (Lipinski definition) is 2. The van der Waals surface area contributed by atoms with Crippen molar-refractivity contribution >= 4 is 5.91 Å². The average Bonchev–Trinajstić information content (AvgIpc) is 2.46. The number of rotatable bonds is 7. The van der Waals surface area contributed by atoms with Crippen LogP contribution in [0.25, 0.3) is 0 Å². The van der Waals surface area contributed by atoms with E-state index in [2.05, 4.69) is 31.4 Å². The summed E-state index contributed by atoms with van der Waals surface area (Å²) in [4.78, 5) is 11.4. The highest BCUT2D eigenvalue weighted by Crippen LogP contribution is 2.13. The monoisotopic (exact) mass is 262 g/mol. The average molecular weight is 262 g/mol. The lowest BCUT2D eigenvalue weighted by atomic mass is 9.95. The standard InChI is InChI=1S/C16H26N2O/c1-5-14(6-2)12(3)18-11-13-7-9-15(10-8-13)16(19)17-4/h7-10,12,14,18H,5-6,11H2,1-4H3,(H,17,19). The maximum Gasteiger partial charge on any atom is 0.251 e. The first-order valence-corrected chi connectivity index (χ1v) is 7.16. The molecule has 0 heterocycles. The lowest BCUT2D eigenvalue weighted by molar-refractivity contribution is 0.0963. The van der Waals surface area contributed by atoms with Gasteiger partial charge in [0.1, 0.15) is 0 Å². The van der Waals surface area contributed by atoms with Gasteiger partial charge in [0.2, 0.25) is 0 Å². The van der Waals surface area contributed by atoms with Crippen LogP contribution in [0.5, 0.6) is 0 Å². The normalized spacial score (nSPS) is 12.5. The third kappa shape index (κ3) is 4.67. The van der Waals surface area contributed by atoms with Crippen molar-refractivity contribution < 1.29 is 4.79 Å². The molecular formula is C16H26N2O. The van der Waals surface area contributed by atoms with E-state index in [1.165, 1.54) is 18.4 Å². The van der Waals surface area contributed by atoms with Gasteiger partial charge in [0, 0.05) is 25.2 Å². The molecule has 2 N–H and O–H groups in total. The molecule has 0 aliphatic rings. The largest absolute Gasteiger partial charge is 0.355 e. The first-order valence-electron chi connectivity index (χ1n) is 7.16. The number of hydrogen-bond donors (Lipinski definition) is 2. The maximum atomic E-state index is 11.4. The van der Waals surface area contributed by atoms with Crippen molar-refractivity contribution in [2.45, 2.75) is 46.2 Å². The summed E-state index contributed by atoms with van der Waals surface area (Å²) in [6.07, 6.45) is 2.42. The van der Waals surface area contributed by atoms with Crippen LogP contribution in [0.3, 0.4) is 0 Å². The minimum Gasteiger partial charge on any atom is -0.355 e. The predicted molar refractivity (Wildman–Crippen MR) is 80.2 cm³/mol. The third-order valence-corrected chi connectivity index (χ3v) is 3.83. The third-order valence-electron chi connectivity index (χ3n) is 3.83. The Labute approximate surface area is 116 Å². The van der Waals surface area contributed by atoms with Gasteiger partial charge in [0.05, 0.1) is 0 Å². The zero-order valence-electron chi connectivity index (χ0n) is 12.5. The Bertz CT molecular complexity index is 382. The fraction of sp³-hybridized carbons (Fsp3) is 0.562. The fourth-order valence-electron chi connectivity index (χ4n) is 2.36. The zero-order valence-corrected chi connectivity index (χ0v) is 12.5. The summed E-state index contributed by atoms with van der Waals surface area (Å²) in [6.45, 7) is 7.58. The first-order chi connectivity index (χ1) is 9.12. The van der Waals surface area contributed by atoms with Crippen molar-refractivity contribution in [3.8, 4) is 0 Å². The van der Waals surface area contributed by atoms with Gasteiger partial charge in [-0.25, -0.2) is 0 Å². The van der Waals surface area contributed by atoms with Gasteiger partial charge in [0.15, 0.2) is 0 Å². The molecule has 0 aliphatic heterocycles. The molecule has 0 bridgehead atoms. The van der Waals surface area contributed by atoms with Gasteiger partial charge in [-0.05, 0) is 30.5 Å². The van der Waals surface area contributed by atoms with E-state index in [1.807, 2.05) is 24.3 Å². The van der Waals surface area contributed by atoms with E-state index >= 15 is 0 Å². The highest BCUT2D eigenvalue weighted by Gasteiger charge is 2.12. The highest BCUT2D eigenvalue weighted by atomic mass is 16.1. The van der Waals surface area contributed by atoms with E-state index < -0.39 is 0 Å². The Kier molecular flexibility index (Phi) is 6.57. The van der Waals surface area contributed by atoms with Crippen LogP contribution < -0.4 is 10.6 Å². The Morgan fingerprint density at radius 1 is 1.16 bits per heavy atom. The predicted octanol–water partition coefficient (Wildman–Crippen LogP) is 2.96. The van der Waals surface area contributed by atoms with E-state index in [4.69, 9.17) is 0 Å². The van der Waals surface area contributed by atoms with Crippen LogP contribution in [-0.2, 0) is 6.54 Å². The van der Waals surface area contributed by atoms with E-state index in [0.717, 1.165) is 12.5 Å². The number of amides is 1. The van der Waals surface area contributed by atoms with Crippen LogP contribution in [-0.4, -0.2) is 19.0 Å². The second-order valence-corrected chi connectivity index (χ2v) is 5.02. The Hall–Kier alpha value is -1.35.